The first-order chi connectivity index (χ1) is 14.4. The Bertz CT molecular complexity index is 1130. The number of carbonyl (C=O) groups is 2. The molecule has 0 radical (unpaired) electrons. The van der Waals surface area contributed by atoms with Crippen LogP contribution < -0.4 is 4.90 Å². The topological polar surface area (TPSA) is 37.4 Å². The summed E-state index contributed by atoms with van der Waals surface area (Å²) in [6, 6.07) is 22.9. The van der Waals surface area contributed by atoms with Crippen molar-refractivity contribution in [1.29, 1.82) is 0 Å². The van der Waals surface area contributed by atoms with E-state index in [0.717, 1.165) is 22.0 Å². The van der Waals surface area contributed by atoms with E-state index in [2.05, 4.69) is 41.3 Å². The number of nitrogens with zero attached hydrogens (tertiary/aromatic N) is 1. The molecule has 3 aromatic carbocycles. The van der Waals surface area contributed by atoms with E-state index in [1.807, 2.05) is 44.2 Å². The van der Waals surface area contributed by atoms with E-state index in [1.165, 1.54) is 5.56 Å². The lowest BCUT2D eigenvalue weighted by Crippen LogP contribution is -2.57. The SMILES string of the molecule is CC1(C)CC(=O)C2(Cc3c(ccc4ccccc34)N(Cc3ccccc3)C2)C(=O)C1. The number of rotatable bonds is 2. The van der Waals surface area contributed by atoms with Gasteiger partial charge in [-0.25, -0.2) is 0 Å². The quantitative estimate of drug-likeness (QED) is 0.547. The zero-order chi connectivity index (χ0) is 20.9. The third-order valence-electron chi connectivity index (χ3n) is 6.86. The molecule has 0 unspecified atom stereocenters. The van der Waals surface area contributed by atoms with Gasteiger partial charge in [0.25, 0.3) is 0 Å². The molecule has 2 aliphatic rings. The Morgan fingerprint density at radius 3 is 2.20 bits per heavy atom. The van der Waals surface area contributed by atoms with Crippen LogP contribution in [0.5, 0.6) is 0 Å². The molecule has 0 bridgehead atoms. The fraction of sp³-hybridized carbons (Fsp3) is 0.333. The lowest BCUT2D eigenvalue weighted by Gasteiger charge is -2.47. The van der Waals surface area contributed by atoms with Crippen molar-refractivity contribution < 1.29 is 9.59 Å². The van der Waals surface area contributed by atoms with Gasteiger partial charge in [-0.1, -0.05) is 74.5 Å². The van der Waals surface area contributed by atoms with E-state index in [4.69, 9.17) is 0 Å². The summed E-state index contributed by atoms with van der Waals surface area (Å²) in [7, 11) is 0. The first-order valence-corrected chi connectivity index (χ1v) is 10.7. The number of benzene rings is 3. The van der Waals surface area contributed by atoms with Crippen molar-refractivity contribution in [2.24, 2.45) is 10.8 Å². The van der Waals surface area contributed by atoms with Crippen LogP contribution in [0.3, 0.4) is 0 Å². The van der Waals surface area contributed by atoms with Crippen molar-refractivity contribution >= 4 is 28.0 Å². The Morgan fingerprint density at radius 1 is 0.800 bits per heavy atom. The normalized spacial score (nSPS) is 19.9. The standard InChI is InChI=1S/C27H27NO2/c1-26(2)15-24(29)27(25(30)16-26)14-22-21-11-7-6-10-20(21)12-13-23(22)28(18-27)17-19-8-4-3-5-9-19/h3-13H,14-18H2,1-2H3. The highest BCUT2D eigenvalue weighted by Gasteiger charge is 2.54. The van der Waals surface area contributed by atoms with Gasteiger partial charge in [0.2, 0.25) is 0 Å². The first kappa shape index (κ1) is 19.0. The highest BCUT2D eigenvalue weighted by molar-refractivity contribution is 6.11. The molecule has 1 spiro atoms. The molecule has 3 nitrogen and oxygen atoms in total. The van der Waals surface area contributed by atoms with E-state index in [0.29, 0.717) is 32.4 Å². The fourth-order valence-corrected chi connectivity index (χ4v) is 5.32. The summed E-state index contributed by atoms with van der Waals surface area (Å²) < 4.78 is 0. The Balaban J connectivity index is 1.66. The molecular weight excluding hydrogens is 370 g/mol. The summed E-state index contributed by atoms with van der Waals surface area (Å²) in [5.41, 5.74) is 2.29. The van der Waals surface area contributed by atoms with Crippen molar-refractivity contribution in [1.82, 2.24) is 0 Å². The van der Waals surface area contributed by atoms with Crippen molar-refractivity contribution in [3.05, 3.63) is 77.9 Å². The van der Waals surface area contributed by atoms with Crippen molar-refractivity contribution in [2.45, 2.75) is 39.7 Å². The number of hydrogen-bond donors (Lipinski definition) is 0. The van der Waals surface area contributed by atoms with Crippen LogP contribution in [-0.4, -0.2) is 18.1 Å². The summed E-state index contributed by atoms with van der Waals surface area (Å²) in [5, 5.41) is 2.31. The number of anilines is 1. The van der Waals surface area contributed by atoms with Crippen LogP contribution in [0.1, 0.15) is 37.8 Å². The Morgan fingerprint density at radius 2 is 1.47 bits per heavy atom. The van der Waals surface area contributed by atoms with Crippen molar-refractivity contribution in [3.63, 3.8) is 0 Å². The van der Waals surface area contributed by atoms with E-state index in [1.54, 1.807) is 0 Å². The summed E-state index contributed by atoms with van der Waals surface area (Å²) in [5.74, 6) is 0.223. The average Bonchev–Trinajstić information content (AvgIpc) is 2.72. The molecular formula is C27H27NO2. The molecule has 5 rings (SSSR count). The summed E-state index contributed by atoms with van der Waals surface area (Å²) in [6.07, 6.45) is 1.46. The van der Waals surface area contributed by atoms with Crippen LogP contribution in [0.15, 0.2) is 66.7 Å². The monoisotopic (exact) mass is 397 g/mol. The van der Waals surface area contributed by atoms with Crippen LogP contribution in [0, 0.1) is 10.8 Å². The first-order valence-electron chi connectivity index (χ1n) is 10.7. The molecule has 3 aromatic rings. The summed E-state index contributed by atoms with van der Waals surface area (Å²) >= 11 is 0. The largest absolute Gasteiger partial charge is 0.365 e. The van der Waals surface area contributed by atoms with Gasteiger partial charge in [0.1, 0.15) is 17.0 Å². The summed E-state index contributed by atoms with van der Waals surface area (Å²) in [6.45, 7) is 5.23. The lowest BCUT2D eigenvalue weighted by molar-refractivity contribution is -0.147. The number of Topliss-reactive ketones (excluding diaryl/α,β-unsaturated/α-hetero) is 2. The van der Waals surface area contributed by atoms with E-state index >= 15 is 0 Å². The minimum atomic E-state index is -0.929. The second-order valence-corrected chi connectivity index (χ2v) is 9.75. The molecule has 0 atom stereocenters. The van der Waals surface area contributed by atoms with E-state index < -0.39 is 5.41 Å². The van der Waals surface area contributed by atoms with Crippen molar-refractivity contribution in [3.8, 4) is 0 Å². The van der Waals surface area contributed by atoms with Gasteiger partial charge in [0.15, 0.2) is 0 Å². The molecule has 30 heavy (non-hydrogen) atoms. The van der Waals surface area contributed by atoms with Gasteiger partial charge in [-0.2, -0.15) is 0 Å². The predicted octanol–water partition coefficient (Wildman–Crippen LogP) is 5.35. The average molecular weight is 398 g/mol. The molecule has 152 valence electrons. The minimum absolute atomic E-state index is 0.111. The Hall–Kier alpha value is -2.94. The third-order valence-corrected chi connectivity index (χ3v) is 6.86. The maximum atomic E-state index is 13.5. The van der Waals surface area contributed by atoms with Gasteiger partial charge < -0.3 is 4.90 Å². The second-order valence-electron chi connectivity index (χ2n) is 9.75. The van der Waals surface area contributed by atoms with Gasteiger partial charge in [-0.05, 0) is 39.8 Å². The maximum absolute atomic E-state index is 13.5. The van der Waals surface area contributed by atoms with Gasteiger partial charge in [-0.3, -0.25) is 9.59 Å². The van der Waals surface area contributed by atoms with E-state index in [9.17, 15) is 9.59 Å². The number of fused-ring (bicyclic) bond motifs is 3. The molecule has 0 amide bonds. The third kappa shape index (κ3) is 3.04. The van der Waals surface area contributed by atoms with Crippen LogP contribution in [0.2, 0.25) is 0 Å². The predicted molar refractivity (Wildman–Crippen MR) is 121 cm³/mol. The van der Waals surface area contributed by atoms with Gasteiger partial charge in [0.05, 0.1) is 0 Å². The van der Waals surface area contributed by atoms with Crippen LogP contribution >= 0.6 is 0 Å². The molecule has 0 aromatic heterocycles. The lowest BCUT2D eigenvalue weighted by atomic mass is 9.59. The van der Waals surface area contributed by atoms with Crippen LogP contribution in [0.4, 0.5) is 5.69 Å². The smallest absolute Gasteiger partial charge is 0.149 e. The molecule has 1 saturated carbocycles. The zero-order valence-corrected chi connectivity index (χ0v) is 17.7. The molecule has 0 saturated heterocycles. The van der Waals surface area contributed by atoms with Crippen molar-refractivity contribution in [2.75, 3.05) is 11.4 Å². The molecule has 1 aliphatic heterocycles. The fourth-order valence-electron chi connectivity index (χ4n) is 5.32. The minimum Gasteiger partial charge on any atom is -0.365 e. The highest BCUT2D eigenvalue weighted by Crippen LogP contribution is 2.48. The highest BCUT2D eigenvalue weighted by atomic mass is 16.2. The number of ketones is 2. The van der Waals surface area contributed by atoms with Crippen LogP contribution in [-0.2, 0) is 22.6 Å². The Kier molecular flexibility index (Phi) is 4.32. The van der Waals surface area contributed by atoms with Gasteiger partial charge in [0, 0.05) is 31.6 Å². The zero-order valence-electron chi connectivity index (χ0n) is 17.7. The maximum Gasteiger partial charge on any atom is 0.149 e. The van der Waals surface area contributed by atoms with Gasteiger partial charge >= 0.3 is 0 Å². The van der Waals surface area contributed by atoms with Crippen LogP contribution in [0.25, 0.3) is 10.8 Å². The second kappa shape index (κ2) is 6.80. The summed E-state index contributed by atoms with van der Waals surface area (Å²) in [4.78, 5) is 29.2. The number of hydrogen-bond acceptors (Lipinski definition) is 3. The Labute approximate surface area is 177 Å². The molecule has 1 aliphatic carbocycles. The molecule has 1 heterocycles. The molecule has 0 N–H and O–H groups in total. The molecule has 3 heteroatoms. The van der Waals surface area contributed by atoms with E-state index in [-0.39, 0.29) is 17.0 Å². The number of carbonyl (C=O) groups excluding carboxylic acids is 2. The van der Waals surface area contributed by atoms with Gasteiger partial charge in [-0.15, -0.1) is 0 Å². The molecule has 1 fully saturated rings.